The molecule has 1 aromatic carbocycles. The van der Waals surface area contributed by atoms with Crippen LogP contribution in [-0.2, 0) is 19.0 Å². The zero-order valence-corrected chi connectivity index (χ0v) is 19.1. The predicted molar refractivity (Wildman–Crippen MR) is 80.5 cm³/mol. The molecule has 14 heteroatoms. The fourth-order valence-electron chi connectivity index (χ4n) is 2.86. The van der Waals surface area contributed by atoms with Crippen molar-refractivity contribution in [1.29, 1.82) is 0 Å². The second kappa shape index (κ2) is 9.34. The minimum absolute atomic E-state index is 0. The molecule has 0 amide bonds. The second-order valence-electron chi connectivity index (χ2n) is 5.74. The molecule has 2 fully saturated rings. The number of hydrogen-bond acceptors (Lipinski definition) is 10. The summed E-state index contributed by atoms with van der Waals surface area (Å²) in [5.41, 5.74) is 3.71. The van der Waals surface area contributed by atoms with Crippen molar-refractivity contribution in [2.24, 2.45) is 5.73 Å². The maximum atomic E-state index is 12.4. The molecule has 4 N–H and O–H groups in total. The number of benzene rings is 1. The molecule has 0 aliphatic carbocycles. The van der Waals surface area contributed by atoms with E-state index in [0.717, 1.165) is 24.3 Å². The molecule has 12 nitrogen and oxygen atoms in total. The number of nitrogens with two attached hydrogens (primary N) is 1. The van der Waals surface area contributed by atoms with Crippen molar-refractivity contribution in [3.05, 3.63) is 45.5 Å². The third-order valence-electron chi connectivity index (χ3n) is 4.16. The number of esters is 1. The van der Waals surface area contributed by atoms with Crippen LogP contribution in [0.5, 0.6) is 0 Å². The van der Waals surface area contributed by atoms with E-state index < -0.39 is 47.4 Å². The van der Waals surface area contributed by atoms with Crippen LogP contribution in [0.4, 0.5) is 0 Å². The monoisotopic (exact) mass is 418 g/mol. The van der Waals surface area contributed by atoms with Crippen LogP contribution >= 0.6 is 0 Å². The summed E-state index contributed by atoms with van der Waals surface area (Å²) in [6.07, 6.45) is -2.39. The van der Waals surface area contributed by atoms with Gasteiger partial charge in [0.15, 0.2) is 0 Å². The van der Waals surface area contributed by atoms with Crippen molar-refractivity contribution in [1.82, 2.24) is 0 Å². The van der Waals surface area contributed by atoms with Crippen molar-refractivity contribution in [2.45, 2.75) is 23.7 Å². The number of carboxylic acids is 1. The van der Waals surface area contributed by atoms with E-state index in [-0.39, 0.29) is 79.7 Å². The first-order chi connectivity index (χ1) is 12.2. The predicted octanol–water partition coefficient (Wildman–Crippen LogP) is -6.88. The number of aliphatic hydroxyl groups excluding tert-OH is 1. The molecule has 4 atom stereocenters. The molecule has 28 heavy (non-hydrogen) atoms. The third-order valence-corrected chi connectivity index (χ3v) is 4.16. The van der Waals surface area contributed by atoms with E-state index in [2.05, 4.69) is 4.84 Å². The molecule has 1 aromatic rings. The Balaban J connectivity index is 0. The number of rotatable bonds is 5. The average molecular weight is 418 g/mol. The number of ether oxygens (including phenoxy) is 3. The molecule has 3 rings (SSSR count). The van der Waals surface area contributed by atoms with Gasteiger partial charge in [-0.15, -0.1) is 10.1 Å². The zero-order valence-electron chi connectivity index (χ0n) is 17.1. The van der Waals surface area contributed by atoms with Crippen LogP contribution < -0.4 is 64.8 Å². The summed E-state index contributed by atoms with van der Waals surface area (Å²) in [7, 11) is 0. The summed E-state index contributed by atoms with van der Waals surface area (Å²) in [6.45, 7) is -0.944. The largest absolute Gasteiger partial charge is 1.00 e. The first-order valence-corrected chi connectivity index (χ1v) is 7.31. The summed E-state index contributed by atoms with van der Waals surface area (Å²) in [4.78, 5) is 38.7. The van der Waals surface area contributed by atoms with Crippen LogP contribution in [0.2, 0.25) is 0 Å². The topological polar surface area (TPSA) is 181 Å². The van der Waals surface area contributed by atoms with Crippen LogP contribution in [-0.4, -0.2) is 64.2 Å². The first kappa shape index (κ1) is 25.2. The van der Waals surface area contributed by atoms with Gasteiger partial charge in [-0.2, -0.15) is 0 Å². The summed E-state index contributed by atoms with van der Waals surface area (Å²) >= 11 is 0. The van der Waals surface area contributed by atoms with Crippen LogP contribution in [0.15, 0.2) is 24.3 Å². The van der Waals surface area contributed by atoms with E-state index in [0.29, 0.717) is 0 Å². The summed E-state index contributed by atoms with van der Waals surface area (Å²) < 4.78 is 15.5. The molecule has 2 aliphatic rings. The normalized spacial score (nSPS) is 30.4. The van der Waals surface area contributed by atoms with Crippen molar-refractivity contribution < 1.29 is 106 Å². The zero-order chi connectivity index (χ0) is 19.1. The van der Waals surface area contributed by atoms with E-state index in [4.69, 9.17) is 25.1 Å². The Bertz CT molecular complexity index is 774. The molecule has 0 radical (unpaired) electrons. The molecule has 0 saturated carbocycles. The van der Waals surface area contributed by atoms with Crippen LogP contribution in [0.3, 0.4) is 0 Å². The maximum absolute atomic E-state index is 12.4. The molecule has 0 aromatic heterocycles. The number of nitrogens with zero attached hydrogens (tertiary/aromatic N) is 1. The number of carboxylic acid groups (broad SMARTS) is 1. The second-order valence-corrected chi connectivity index (χ2v) is 5.74. The standard InChI is InChI=1S/C14H14N2O10.2Na.2H/c15-14-10(9(17)5-24-14)23-6-13(14,26-16(21)22)25-12(20)8-3-1-7(2-4-8)11(18)19;;;;/h1-4,9-10,17H,5-6,15H2,(H,18,19);;;;/q;2*+1;2*-1/t9-,10-,13-,14+;;;;/m1..../s1. The fourth-order valence-corrected chi connectivity index (χ4v) is 2.86. The molecular formula is C14H16N2Na2O10. The van der Waals surface area contributed by atoms with Gasteiger partial charge in [-0.1, -0.05) is 0 Å². The Morgan fingerprint density at radius 2 is 1.86 bits per heavy atom. The van der Waals surface area contributed by atoms with Gasteiger partial charge in [0.25, 0.3) is 5.09 Å². The molecule has 2 aliphatic heterocycles. The average Bonchev–Trinajstić information content (AvgIpc) is 3.02. The molecule has 0 bridgehead atoms. The van der Waals surface area contributed by atoms with Gasteiger partial charge in [0.05, 0.1) is 17.7 Å². The van der Waals surface area contributed by atoms with Gasteiger partial charge in [0.1, 0.15) is 18.8 Å². The summed E-state index contributed by atoms with van der Waals surface area (Å²) in [5.74, 6) is -4.72. The van der Waals surface area contributed by atoms with E-state index in [9.17, 15) is 24.8 Å². The van der Waals surface area contributed by atoms with Crippen LogP contribution in [0.25, 0.3) is 0 Å². The SMILES string of the molecule is N[C@]12OC[C@@H](O)[C@H]1OC[C@@]2(OC(=O)c1ccc(C(=O)O)cc1)O[N+](=O)[O-].[H-].[H-].[Na+].[Na+]. The Morgan fingerprint density at radius 3 is 2.39 bits per heavy atom. The first-order valence-electron chi connectivity index (χ1n) is 7.31. The molecule has 2 saturated heterocycles. The number of hydrogen-bond donors (Lipinski definition) is 3. The van der Waals surface area contributed by atoms with E-state index in [1.54, 1.807) is 0 Å². The Kier molecular flexibility index (Phi) is 8.42. The summed E-state index contributed by atoms with van der Waals surface area (Å²) in [5, 5.41) is 28.4. The Labute approximate surface area is 204 Å². The van der Waals surface area contributed by atoms with Gasteiger partial charge in [-0.3, -0.25) is 10.6 Å². The Morgan fingerprint density at radius 1 is 1.29 bits per heavy atom. The van der Waals surface area contributed by atoms with Gasteiger partial charge >= 0.3 is 76.8 Å². The van der Waals surface area contributed by atoms with Gasteiger partial charge in [-0.25, -0.2) is 9.59 Å². The van der Waals surface area contributed by atoms with E-state index in [1.807, 2.05) is 0 Å². The van der Waals surface area contributed by atoms with Crippen molar-refractivity contribution in [2.75, 3.05) is 13.2 Å². The quantitative estimate of drug-likeness (QED) is 0.136. The minimum atomic E-state index is -2.44. The maximum Gasteiger partial charge on any atom is 1.00 e. The summed E-state index contributed by atoms with van der Waals surface area (Å²) in [6, 6.07) is 4.63. The number of aliphatic hydroxyl groups is 1. The van der Waals surface area contributed by atoms with Gasteiger partial charge < -0.3 is 27.3 Å². The minimum Gasteiger partial charge on any atom is -1.00 e. The van der Waals surface area contributed by atoms with E-state index in [1.165, 1.54) is 0 Å². The number of carbonyl (C=O) groups excluding carboxylic acids is 1. The smallest absolute Gasteiger partial charge is 1.00 e. The van der Waals surface area contributed by atoms with Gasteiger partial charge in [-0.05, 0) is 24.3 Å². The van der Waals surface area contributed by atoms with Gasteiger partial charge in [0.2, 0.25) is 5.72 Å². The van der Waals surface area contributed by atoms with E-state index >= 15 is 0 Å². The molecule has 0 unspecified atom stereocenters. The van der Waals surface area contributed by atoms with Crippen molar-refractivity contribution in [3.8, 4) is 0 Å². The number of carbonyl (C=O) groups is 2. The molecular weight excluding hydrogens is 402 g/mol. The number of fused-ring (bicyclic) bond motifs is 1. The molecule has 2 heterocycles. The van der Waals surface area contributed by atoms with Crippen molar-refractivity contribution >= 4 is 11.9 Å². The molecule has 0 spiro atoms. The number of aromatic carboxylic acids is 1. The molecule has 144 valence electrons. The Hall–Kier alpha value is -0.800. The fraction of sp³-hybridized carbons (Fsp3) is 0.429. The van der Waals surface area contributed by atoms with Gasteiger partial charge in [0, 0.05) is 0 Å². The van der Waals surface area contributed by atoms with Crippen LogP contribution in [0.1, 0.15) is 23.6 Å². The van der Waals surface area contributed by atoms with Crippen molar-refractivity contribution in [3.63, 3.8) is 0 Å². The van der Waals surface area contributed by atoms with Crippen LogP contribution in [0, 0.1) is 10.1 Å². The third kappa shape index (κ3) is 4.36.